The minimum atomic E-state index is -3.03. The highest BCUT2D eigenvalue weighted by atomic mass is 28.4. The van der Waals surface area contributed by atoms with Gasteiger partial charge in [0.2, 0.25) is 11.4 Å². The van der Waals surface area contributed by atoms with Crippen LogP contribution in [0, 0.1) is 0 Å². The van der Waals surface area contributed by atoms with E-state index in [0.717, 1.165) is 12.8 Å². The number of rotatable bonds is 6. The highest BCUT2D eigenvalue weighted by molar-refractivity contribution is 6.73. The van der Waals surface area contributed by atoms with Gasteiger partial charge in [-0.1, -0.05) is 6.92 Å². The van der Waals surface area contributed by atoms with Gasteiger partial charge in [-0.3, -0.25) is 0 Å². The quantitative estimate of drug-likeness (QED) is 0.687. The molecule has 1 heterocycles. The smallest absolute Gasteiger partial charge is 0.372 e. The van der Waals surface area contributed by atoms with Crippen LogP contribution in [0.1, 0.15) is 19.2 Å². The average Bonchev–Trinajstić information content (AvgIpc) is 2.32. The van der Waals surface area contributed by atoms with E-state index in [-0.39, 0.29) is 5.95 Å². The third-order valence-electron chi connectivity index (χ3n) is 2.25. The Balaban J connectivity index is 3.19. The Morgan fingerprint density at radius 1 is 1.06 bits per heavy atom. The number of nitrogen functional groups attached to an aromatic ring is 1. The van der Waals surface area contributed by atoms with Crippen LogP contribution in [0.15, 0.2) is 0 Å². The van der Waals surface area contributed by atoms with Gasteiger partial charge in [-0.05, 0) is 6.42 Å². The molecular weight excluding hydrogens is 240 g/mol. The topological polar surface area (TPSA) is 92.4 Å². The number of hydrogen-bond donors (Lipinski definition) is 1. The van der Waals surface area contributed by atoms with Gasteiger partial charge in [0.05, 0.1) is 0 Å². The Morgan fingerprint density at radius 2 is 1.65 bits per heavy atom. The molecule has 17 heavy (non-hydrogen) atoms. The van der Waals surface area contributed by atoms with Crippen molar-refractivity contribution in [3.05, 3.63) is 5.82 Å². The lowest BCUT2D eigenvalue weighted by Crippen LogP contribution is -2.58. The first-order valence-corrected chi connectivity index (χ1v) is 7.00. The lowest BCUT2D eigenvalue weighted by molar-refractivity contribution is 0.138. The molecule has 0 unspecified atom stereocenters. The predicted molar refractivity (Wildman–Crippen MR) is 64.6 cm³/mol. The zero-order valence-corrected chi connectivity index (χ0v) is 11.6. The lowest BCUT2D eigenvalue weighted by atomic mass is 10.3. The molecule has 0 aliphatic rings. The second kappa shape index (κ2) is 6.01. The fraction of sp³-hybridized carbons (Fsp3) is 0.667. The summed E-state index contributed by atoms with van der Waals surface area (Å²) in [6.07, 6.45) is 1.64. The van der Waals surface area contributed by atoms with Gasteiger partial charge in [0, 0.05) is 27.8 Å². The van der Waals surface area contributed by atoms with Gasteiger partial charge >= 0.3 is 8.80 Å². The molecule has 0 aliphatic carbocycles. The van der Waals surface area contributed by atoms with E-state index in [4.69, 9.17) is 19.0 Å². The summed E-state index contributed by atoms with van der Waals surface area (Å²) in [6, 6.07) is 0. The van der Waals surface area contributed by atoms with Gasteiger partial charge in [0.1, 0.15) is 5.82 Å². The molecule has 0 aliphatic heterocycles. The molecule has 1 rings (SSSR count). The first-order valence-electron chi connectivity index (χ1n) is 5.28. The normalized spacial score (nSPS) is 11.8. The summed E-state index contributed by atoms with van der Waals surface area (Å²) in [5.74, 6) is 0.777. The van der Waals surface area contributed by atoms with E-state index >= 15 is 0 Å². The van der Waals surface area contributed by atoms with Crippen LogP contribution in [0.25, 0.3) is 0 Å². The molecule has 8 heteroatoms. The molecule has 7 nitrogen and oxygen atoms in total. The van der Waals surface area contributed by atoms with Crippen molar-refractivity contribution in [3.8, 4) is 0 Å². The molecule has 0 aromatic carbocycles. The van der Waals surface area contributed by atoms with Crippen molar-refractivity contribution >= 4 is 20.2 Å². The van der Waals surface area contributed by atoms with E-state index < -0.39 is 8.80 Å². The van der Waals surface area contributed by atoms with E-state index in [1.807, 2.05) is 6.92 Å². The molecular formula is C9H18N4O3Si. The molecule has 0 fully saturated rings. The van der Waals surface area contributed by atoms with Gasteiger partial charge in [-0.25, -0.2) is 4.98 Å². The Kier molecular flexibility index (Phi) is 4.94. The molecule has 96 valence electrons. The summed E-state index contributed by atoms with van der Waals surface area (Å²) in [4.78, 5) is 12.4. The maximum absolute atomic E-state index is 5.64. The van der Waals surface area contributed by atoms with Gasteiger partial charge in [0.15, 0.2) is 0 Å². The first kappa shape index (κ1) is 14.0. The average molecular weight is 258 g/mol. The first-order chi connectivity index (χ1) is 8.11. The number of hydrogen-bond acceptors (Lipinski definition) is 7. The van der Waals surface area contributed by atoms with Crippen LogP contribution < -0.4 is 11.2 Å². The number of anilines is 1. The summed E-state index contributed by atoms with van der Waals surface area (Å²) in [5.41, 5.74) is 5.99. The number of nitrogens with zero attached hydrogens (tertiary/aromatic N) is 3. The molecule has 0 saturated heterocycles. The molecule has 0 saturated carbocycles. The van der Waals surface area contributed by atoms with E-state index in [1.54, 1.807) is 0 Å². The molecule has 1 aromatic rings. The van der Waals surface area contributed by atoms with E-state index in [0.29, 0.717) is 11.3 Å². The van der Waals surface area contributed by atoms with Crippen LogP contribution in [0.2, 0.25) is 0 Å². The van der Waals surface area contributed by atoms with Crippen LogP contribution in [-0.4, -0.2) is 45.1 Å². The van der Waals surface area contributed by atoms with Crippen molar-refractivity contribution in [3.63, 3.8) is 0 Å². The minimum Gasteiger partial charge on any atom is -0.372 e. The standard InChI is InChI=1S/C9H18N4O3Si/c1-5-6-7-11-8(10)13-9(12-7)17(14-2,15-3)16-4/h5-6H2,1-4H3,(H2,10,11,12,13). The zero-order valence-electron chi connectivity index (χ0n) is 10.6. The predicted octanol–water partition coefficient (Wildman–Crippen LogP) is -0.509. The van der Waals surface area contributed by atoms with Crippen LogP contribution in [0.4, 0.5) is 5.95 Å². The largest absolute Gasteiger partial charge is 0.575 e. The van der Waals surface area contributed by atoms with Gasteiger partial charge in [-0.15, -0.1) is 0 Å². The second-order valence-electron chi connectivity index (χ2n) is 3.35. The van der Waals surface area contributed by atoms with Crippen LogP contribution in [-0.2, 0) is 19.7 Å². The third-order valence-corrected chi connectivity index (χ3v) is 4.64. The zero-order chi connectivity index (χ0) is 12.9. The Hall–Kier alpha value is -1.09. The van der Waals surface area contributed by atoms with Gasteiger partial charge in [0.25, 0.3) is 0 Å². The summed E-state index contributed by atoms with van der Waals surface area (Å²) >= 11 is 0. The summed E-state index contributed by atoms with van der Waals surface area (Å²) in [6.45, 7) is 2.04. The van der Waals surface area contributed by atoms with Crippen molar-refractivity contribution in [2.45, 2.75) is 19.8 Å². The van der Waals surface area contributed by atoms with Gasteiger partial charge < -0.3 is 19.0 Å². The highest BCUT2D eigenvalue weighted by Gasteiger charge is 2.45. The highest BCUT2D eigenvalue weighted by Crippen LogP contribution is 2.05. The second-order valence-corrected chi connectivity index (χ2v) is 6.14. The third kappa shape index (κ3) is 2.97. The molecule has 0 atom stereocenters. The van der Waals surface area contributed by atoms with Crippen molar-refractivity contribution in [2.24, 2.45) is 0 Å². The van der Waals surface area contributed by atoms with Crippen LogP contribution in [0.3, 0.4) is 0 Å². The van der Waals surface area contributed by atoms with Crippen molar-refractivity contribution in [1.29, 1.82) is 0 Å². The van der Waals surface area contributed by atoms with E-state index in [1.165, 1.54) is 21.3 Å². The van der Waals surface area contributed by atoms with Crippen molar-refractivity contribution < 1.29 is 13.3 Å². The van der Waals surface area contributed by atoms with Crippen LogP contribution >= 0.6 is 0 Å². The maximum Gasteiger partial charge on any atom is 0.575 e. The van der Waals surface area contributed by atoms with Crippen molar-refractivity contribution in [1.82, 2.24) is 15.0 Å². The fourth-order valence-corrected chi connectivity index (χ4v) is 3.00. The fourth-order valence-electron chi connectivity index (χ4n) is 1.43. The monoisotopic (exact) mass is 258 g/mol. The molecule has 2 N–H and O–H groups in total. The molecule has 0 amide bonds. The Labute approximate surface area is 102 Å². The van der Waals surface area contributed by atoms with E-state index in [2.05, 4.69) is 15.0 Å². The minimum absolute atomic E-state index is 0.154. The van der Waals surface area contributed by atoms with Crippen LogP contribution in [0.5, 0.6) is 0 Å². The number of aryl methyl sites for hydroxylation is 1. The van der Waals surface area contributed by atoms with Gasteiger partial charge in [-0.2, -0.15) is 9.97 Å². The summed E-state index contributed by atoms with van der Waals surface area (Å²) < 4.78 is 15.9. The summed E-state index contributed by atoms with van der Waals surface area (Å²) in [7, 11) is 1.47. The maximum atomic E-state index is 5.64. The molecule has 0 bridgehead atoms. The molecule has 1 aromatic heterocycles. The summed E-state index contributed by atoms with van der Waals surface area (Å²) in [5, 5.41) is 0. The van der Waals surface area contributed by atoms with E-state index in [9.17, 15) is 0 Å². The van der Waals surface area contributed by atoms with Crippen molar-refractivity contribution in [2.75, 3.05) is 27.1 Å². The molecule has 0 spiro atoms. The number of nitrogens with two attached hydrogens (primary N) is 1. The lowest BCUT2D eigenvalue weighted by Gasteiger charge is -2.22. The Bertz CT molecular complexity index is 365. The number of aromatic nitrogens is 3. The SMILES string of the molecule is CCCc1nc(N)nc([Si](OC)(OC)OC)n1. The molecule has 0 radical (unpaired) electrons. The Morgan fingerprint density at radius 3 is 2.12 bits per heavy atom.